The number of nitrogens with one attached hydrogen (secondary N) is 1. The Labute approximate surface area is 222 Å². The SMILES string of the molecule is CCOC(=O)C1=C(CN2CCN(C(=O)c3cccs3)CC2)N(CC)C(=O)NC1c1ccc(C(C)C)cc1. The van der Waals surface area contributed by atoms with E-state index in [4.69, 9.17) is 4.74 Å². The van der Waals surface area contributed by atoms with E-state index < -0.39 is 12.0 Å². The average Bonchev–Trinajstić information content (AvgIpc) is 3.44. The second kappa shape index (κ2) is 11.9. The van der Waals surface area contributed by atoms with Crippen molar-refractivity contribution in [2.45, 2.75) is 39.7 Å². The minimum absolute atomic E-state index is 0.0539. The van der Waals surface area contributed by atoms with Gasteiger partial charge in [0.2, 0.25) is 0 Å². The van der Waals surface area contributed by atoms with Crippen molar-refractivity contribution in [1.82, 2.24) is 20.0 Å². The normalized spacial score (nSPS) is 18.8. The molecule has 1 atom stereocenters. The third kappa shape index (κ3) is 5.88. The monoisotopic (exact) mass is 524 g/mol. The molecular formula is C28H36N4O4S. The number of nitrogens with zero attached hydrogens (tertiary/aromatic N) is 3. The molecule has 1 aromatic heterocycles. The topological polar surface area (TPSA) is 82.2 Å². The van der Waals surface area contributed by atoms with Gasteiger partial charge in [-0.05, 0) is 42.3 Å². The first-order chi connectivity index (χ1) is 17.8. The predicted molar refractivity (Wildman–Crippen MR) is 145 cm³/mol. The van der Waals surface area contributed by atoms with Gasteiger partial charge in [0.05, 0.1) is 23.1 Å². The lowest BCUT2D eigenvalue weighted by Crippen LogP contribution is -2.53. The molecule has 1 aromatic carbocycles. The lowest BCUT2D eigenvalue weighted by molar-refractivity contribution is -0.139. The minimum Gasteiger partial charge on any atom is -0.463 e. The molecule has 1 N–H and O–H groups in total. The summed E-state index contributed by atoms with van der Waals surface area (Å²) in [4.78, 5) is 45.7. The van der Waals surface area contributed by atoms with Crippen LogP contribution in [0.3, 0.4) is 0 Å². The van der Waals surface area contributed by atoms with Crippen LogP contribution >= 0.6 is 11.3 Å². The highest BCUT2D eigenvalue weighted by Crippen LogP contribution is 2.33. The van der Waals surface area contributed by atoms with Gasteiger partial charge in [-0.15, -0.1) is 11.3 Å². The fraction of sp³-hybridized carbons (Fsp3) is 0.464. The van der Waals surface area contributed by atoms with E-state index >= 15 is 0 Å². The van der Waals surface area contributed by atoms with Crippen LogP contribution in [0, 0.1) is 0 Å². The summed E-state index contributed by atoms with van der Waals surface area (Å²) < 4.78 is 5.49. The Morgan fingerprint density at radius 2 is 1.78 bits per heavy atom. The van der Waals surface area contributed by atoms with Gasteiger partial charge in [-0.2, -0.15) is 0 Å². The molecule has 2 aliphatic heterocycles. The van der Waals surface area contributed by atoms with Gasteiger partial charge < -0.3 is 15.0 Å². The van der Waals surface area contributed by atoms with Gasteiger partial charge in [0.15, 0.2) is 0 Å². The molecule has 1 unspecified atom stereocenters. The quantitative estimate of drug-likeness (QED) is 0.523. The Morgan fingerprint density at radius 1 is 1.08 bits per heavy atom. The van der Waals surface area contributed by atoms with Gasteiger partial charge in [0, 0.05) is 45.0 Å². The number of urea groups is 1. The Bertz CT molecular complexity index is 1140. The van der Waals surface area contributed by atoms with E-state index in [1.54, 1.807) is 11.8 Å². The number of esters is 1. The first kappa shape index (κ1) is 26.9. The van der Waals surface area contributed by atoms with E-state index in [-0.39, 0.29) is 18.5 Å². The fourth-order valence-corrected chi connectivity index (χ4v) is 5.55. The van der Waals surface area contributed by atoms with Gasteiger partial charge in [-0.25, -0.2) is 9.59 Å². The molecule has 3 amide bonds. The van der Waals surface area contributed by atoms with Crippen molar-refractivity contribution in [2.24, 2.45) is 0 Å². The molecule has 198 valence electrons. The summed E-state index contributed by atoms with van der Waals surface area (Å²) >= 11 is 1.45. The van der Waals surface area contributed by atoms with Crippen molar-refractivity contribution in [3.8, 4) is 0 Å². The number of rotatable bonds is 8. The van der Waals surface area contributed by atoms with Crippen molar-refractivity contribution in [3.63, 3.8) is 0 Å². The van der Waals surface area contributed by atoms with E-state index in [1.165, 1.54) is 16.9 Å². The summed E-state index contributed by atoms with van der Waals surface area (Å²) in [6, 6.07) is 11.0. The number of hydrogen-bond acceptors (Lipinski definition) is 6. The Morgan fingerprint density at radius 3 is 2.35 bits per heavy atom. The number of carbonyl (C=O) groups excluding carboxylic acids is 3. The van der Waals surface area contributed by atoms with Gasteiger partial charge in [-0.3, -0.25) is 14.6 Å². The van der Waals surface area contributed by atoms with Gasteiger partial charge in [0.25, 0.3) is 5.91 Å². The summed E-state index contributed by atoms with van der Waals surface area (Å²) in [6.45, 7) is 11.6. The first-order valence-corrected chi connectivity index (χ1v) is 13.8. The lowest BCUT2D eigenvalue weighted by Gasteiger charge is -2.40. The number of benzene rings is 1. The maximum atomic E-state index is 13.3. The average molecular weight is 525 g/mol. The molecule has 3 heterocycles. The molecule has 2 aliphatic rings. The Hall–Kier alpha value is -3.17. The summed E-state index contributed by atoms with van der Waals surface area (Å²) in [7, 11) is 0. The number of amides is 3. The summed E-state index contributed by atoms with van der Waals surface area (Å²) in [5.74, 6) is 0.0187. The van der Waals surface area contributed by atoms with Crippen molar-refractivity contribution in [1.29, 1.82) is 0 Å². The predicted octanol–water partition coefficient (Wildman–Crippen LogP) is 4.23. The molecule has 8 nitrogen and oxygen atoms in total. The Balaban J connectivity index is 1.61. The highest BCUT2D eigenvalue weighted by atomic mass is 32.1. The van der Waals surface area contributed by atoms with Gasteiger partial charge >= 0.3 is 12.0 Å². The van der Waals surface area contributed by atoms with Crippen LogP contribution < -0.4 is 5.32 Å². The molecule has 4 rings (SSSR count). The minimum atomic E-state index is -0.591. The van der Waals surface area contributed by atoms with E-state index in [9.17, 15) is 14.4 Å². The maximum absolute atomic E-state index is 13.3. The van der Waals surface area contributed by atoms with E-state index in [1.807, 2.05) is 53.6 Å². The molecule has 0 aliphatic carbocycles. The fourth-order valence-electron chi connectivity index (χ4n) is 4.86. The lowest BCUT2D eigenvalue weighted by atomic mass is 9.92. The molecule has 37 heavy (non-hydrogen) atoms. The number of carbonyl (C=O) groups is 3. The zero-order chi connectivity index (χ0) is 26.5. The summed E-state index contributed by atoms with van der Waals surface area (Å²) in [5.41, 5.74) is 3.18. The molecule has 0 saturated carbocycles. The van der Waals surface area contributed by atoms with Crippen LogP contribution in [-0.4, -0.2) is 78.5 Å². The van der Waals surface area contributed by atoms with Gasteiger partial charge in [-0.1, -0.05) is 44.2 Å². The molecule has 0 bridgehead atoms. The second-order valence-corrected chi connectivity index (χ2v) is 10.5. The van der Waals surface area contributed by atoms with Gasteiger partial charge in [0.1, 0.15) is 0 Å². The molecule has 0 radical (unpaired) electrons. The first-order valence-electron chi connectivity index (χ1n) is 13.0. The van der Waals surface area contributed by atoms with Crippen LogP contribution in [-0.2, 0) is 9.53 Å². The molecule has 2 aromatic rings. The standard InChI is InChI=1S/C28H36N4O4S/c1-5-32-22(18-30-13-15-31(16-14-30)26(33)23-8-7-17-37-23)24(27(34)36-6-2)25(29-28(32)35)21-11-9-20(10-12-21)19(3)4/h7-12,17,19,25H,5-6,13-16,18H2,1-4H3,(H,29,35). The number of likely N-dealkylation sites (N-methyl/N-ethyl adjacent to an activating group) is 1. The summed E-state index contributed by atoms with van der Waals surface area (Å²) in [5, 5.41) is 4.94. The summed E-state index contributed by atoms with van der Waals surface area (Å²) in [6.07, 6.45) is 0. The van der Waals surface area contributed by atoms with E-state index in [0.29, 0.717) is 56.5 Å². The largest absolute Gasteiger partial charge is 0.463 e. The van der Waals surface area contributed by atoms with Crippen LogP contribution in [0.25, 0.3) is 0 Å². The number of piperazine rings is 1. The van der Waals surface area contributed by atoms with Crippen LogP contribution in [0.15, 0.2) is 53.0 Å². The van der Waals surface area contributed by atoms with Crippen molar-refractivity contribution < 1.29 is 19.1 Å². The van der Waals surface area contributed by atoms with Crippen LogP contribution in [0.5, 0.6) is 0 Å². The van der Waals surface area contributed by atoms with Crippen LogP contribution in [0.2, 0.25) is 0 Å². The van der Waals surface area contributed by atoms with Crippen molar-refractivity contribution in [2.75, 3.05) is 45.9 Å². The van der Waals surface area contributed by atoms with E-state index in [0.717, 1.165) is 10.4 Å². The number of thiophene rings is 1. The third-order valence-electron chi connectivity index (χ3n) is 6.95. The zero-order valence-electron chi connectivity index (χ0n) is 22.0. The molecule has 1 saturated heterocycles. The smallest absolute Gasteiger partial charge is 0.338 e. The molecule has 0 spiro atoms. The van der Waals surface area contributed by atoms with Crippen molar-refractivity contribution in [3.05, 3.63) is 69.1 Å². The zero-order valence-corrected chi connectivity index (χ0v) is 22.8. The molecular weight excluding hydrogens is 488 g/mol. The number of hydrogen-bond donors (Lipinski definition) is 1. The second-order valence-electron chi connectivity index (χ2n) is 9.57. The Kier molecular flexibility index (Phi) is 8.66. The van der Waals surface area contributed by atoms with Crippen LogP contribution in [0.4, 0.5) is 4.79 Å². The molecule has 9 heteroatoms. The molecule has 1 fully saturated rings. The number of ether oxygens (including phenoxy) is 1. The van der Waals surface area contributed by atoms with Crippen LogP contribution in [0.1, 0.15) is 60.5 Å². The third-order valence-corrected chi connectivity index (χ3v) is 7.81. The maximum Gasteiger partial charge on any atom is 0.338 e. The highest BCUT2D eigenvalue weighted by Gasteiger charge is 2.38. The van der Waals surface area contributed by atoms with E-state index in [2.05, 4.69) is 24.1 Å². The highest BCUT2D eigenvalue weighted by molar-refractivity contribution is 7.12. The van der Waals surface area contributed by atoms with Crippen molar-refractivity contribution >= 4 is 29.2 Å².